The third-order valence-electron chi connectivity index (χ3n) is 2.89. The zero-order chi connectivity index (χ0) is 15.2. The van der Waals surface area contributed by atoms with E-state index in [1.165, 1.54) is 6.08 Å². The molecular formula is C15H19ClO4. The fraction of sp³-hybridized carbons (Fsp3) is 0.400. The quantitative estimate of drug-likeness (QED) is 0.781. The summed E-state index contributed by atoms with van der Waals surface area (Å²) in [5.74, 6) is -0.421. The lowest BCUT2D eigenvalue weighted by atomic mass is 10.1. The van der Waals surface area contributed by atoms with Gasteiger partial charge < -0.3 is 14.6 Å². The largest absolute Gasteiger partial charge is 0.493 e. The van der Waals surface area contributed by atoms with Crippen LogP contribution in [0.5, 0.6) is 5.75 Å². The predicted octanol–water partition coefficient (Wildman–Crippen LogP) is 3.63. The van der Waals surface area contributed by atoms with Crippen LogP contribution in [0.2, 0.25) is 5.02 Å². The highest BCUT2D eigenvalue weighted by Gasteiger charge is 2.16. The van der Waals surface area contributed by atoms with E-state index in [-0.39, 0.29) is 5.60 Å². The summed E-state index contributed by atoms with van der Waals surface area (Å²) in [4.78, 5) is 10.6. The molecule has 1 rings (SSSR count). The molecule has 4 nitrogen and oxygen atoms in total. The van der Waals surface area contributed by atoms with E-state index in [1.807, 2.05) is 13.8 Å². The first-order chi connectivity index (χ1) is 9.34. The zero-order valence-corrected chi connectivity index (χ0v) is 12.6. The Morgan fingerprint density at radius 2 is 2.15 bits per heavy atom. The van der Waals surface area contributed by atoms with Crippen LogP contribution in [-0.4, -0.2) is 30.4 Å². The summed E-state index contributed by atoms with van der Waals surface area (Å²) in [7, 11) is 1.66. The van der Waals surface area contributed by atoms with Crippen LogP contribution in [0.1, 0.15) is 25.8 Å². The average Bonchev–Trinajstić information content (AvgIpc) is 2.38. The van der Waals surface area contributed by atoms with Crippen molar-refractivity contribution >= 4 is 23.6 Å². The van der Waals surface area contributed by atoms with Crippen LogP contribution >= 0.6 is 11.6 Å². The number of benzene rings is 1. The van der Waals surface area contributed by atoms with Crippen LogP contribution in [0.3, 0.4) is 0 Å². The number of carboxylic acid groups (broad SMARTS) is 1. The molecule has 20 heavy (non-hydrogen) atoms. The number of hydrogen-bond donors (Lipinski definition) is 1. The van der Waals surface area contributed by atoms with Crippen LogP contribution in [0.25, 0.3) is 6.08 Å². The van der Waals surface area contributed by atoms with Crippen LogP contribution in [0.4, 0.5) is 0 Å². The Balaban J connectivity index is 2.76. The molecule has 0 saturated heterocycles. The molecule has 1 aromatic carbocycles. The number of carboxylic acids is 1. The van der Waals surface area contributed by atoms with Crippen LogP contribution < -0.4 is 4.74 Å². The highest BCUT2D eigenvalue weighted by atomic mass is 35.5. The lowest BCUT2D eigenvalue weighted by Gasteiger charge is -2.22. The molecule has 110 valence electrons. The van der Waals surface area contributed by atoms with Gasteiger partial charge in [-0.05, 0) is 38.1 Å². The molecule has 0 aliphatic heterocycles. The minimum atomic E-state index is -1.02. The van der Waals surface area contributed by atoms with Crippen molar-refractivity contribution in [3.63, 3.8) is 0 Å². The molecule has 0 radical (unpaired) electrons. The van der Waals surface area contributed by atoms with Crippen molar-refractivity contribution in [2.45, 2.75) is 25.9 Å². The van der Waals surface area contributed by atoms with Gasteiger partial charge >= 0.3 is 5.97 Å². The first kappa shape index (κ1) is 16.5. The molecule has 0 aromatic heterocycles. The van der Waals surface area contributed by atoms with Gasteiger partial charge in [-0.3, -0.25) is 0 Å². The molecule has 0 unspecified atom stereocenters. The monoisotopic (exact) mass is 298 g/mol. The molecule has 1 N–H and O–H groups in total. The Morgan fingerprint density at radius 1 is 1.45 bits per heavy atom. The number of ether oxygens (including phenoxy) is 2. The minimum Gasteiger partial charge on any atom is -0.493 e. The summed E-state index contributed by atoms with van der Waals surface area (Å²) in [5, 5.41) is 9.20. The van der Waals surface area contributed by atoms with Gasteiger partial charge in [0.2, 0.25) is 0 Å². The van der Waals surface area contributed by atoms with Gasteiger partial charge in [0.25, 0.3) is 0 Å². The van der Waals surface area contributed by atoms with E-state index < -0.39 is 5.97 Å². The van der Waals surface area contributed by atoms with Gasteiger partial charge in [-0.2, -0.15) is 0 Å². The molecular weight excluding hydrogens is 280 g/mol. The zero-order valence-electron chi connectivity index (χ0n) is 11.9. The standard InChI is InChI=1S/C15H19ClO4/c1-15(2,19-3)8-9-20-13-6-5-12(16)10-11(13)4-7-14(17)18/h4-7,10H,8-9H2,1-3H3,(H,17,18)/b7-4+. The van der Waals surface area contributed by atoms with Crippen molar-refractivity contribution in [3.05, 3.63) is 34.9 Å². The number of rotatable bonds is 7. The van der Waals surface area contributed by atoms with E-state index in [2.05, 4.69) is 0 Å². The second kappa shape index (κ2) is 7.31. The number of carbonyl (C=O) groups is 1. The molecule has 0 heterocycles. The first-order valence-corrected chi connectivity index (χ1v) is 6.60. The summed E-state index contributed by atoms with van der Waals surface area (Å²) in [6.07, 6.45) is 3.23. The van der Waals surface area contributed by atoms with Crippen LogP contribution in [0.15, 0.2) is 24.3 Å². The fourth-order valence-corrected chi connectivity index (χ4v) is 1.63. The average molecular weight is 299 g/mol. The normalized spacial score (nSPS) is 11.8. The van der Waals surface area contributed by atoms with Crippen LogP contribution in [0, 0.1) is 0 Å². The number of hydrogen-bond acceptors (Lipinski definition) is 3. The maximum absolute atomic E-state index is 10.6. The van der Waals surface area contributed by atoms with Crippen molar-refractivity contribution < 1.29 is 19.4 Å². The SMILES string of the molecule is COC(C)(C)CCOc1ccc(Cl)cc1/C=C/C(=O)O. The van der Waals surface area contributed by atoms with E-state index in [0.29, 0.717) is 29.4 Å². The van der Waals surface area contributed by atoms with Gasteiger partial charge in [-0.25, -0.2) is 4.79 Å². The second-order valence-corrected chi connectivity index (χ2v) is 5.35. The summed E-state index contributed by atoms with van der Waals surface area (Å²) >= 11 is 5.90. The number of methoxy groups -OCH3 is 1. The summed E-state index contributed by atoms with van der Waals surface area (Å²) < 4.78 is 11.0. The van der Waals surface area contributed by atoms with E-state index in [0.717, 1.165) is 6.08 Å². The molecule has 0 aliphatic rings. The molecule has 0 spiro atoms. The highest BCUT2D eigenvalue weighted by Crippen LogP contribution is 2.25. The van der Waals surface area contributed by atoms with Crippen molar-refractivity contribution in [2.75, 3.05) is 13.7 Å². The maximum atomic E-state index is 10.6. The molecule has 0 bridgehead atoms. The Bertz CT molecular complexity index is 495. The lowest BCUT2D eigenvalue weighted by Crippen LogP contribution is -2.25. The maximum Gasteiger partial charge on any atom is 0.328 e. The third-order valence-corrected chi connectivity index (χ3v) is 3.13. The minimum absolute atomic E-state index is 0.260. The van der Waals surface area contributed by atoms with Gasteiger partial charge in [0.15, 0.2) is 0 Å². The molecule has 0 amide bonds. The number of aliphatic carboxylic acids is 1. The van der Waals surface area contributed by atoms with Gasteiger partial charge in [0, 0.05) is 30.2 Å². The van der Waals surface area contributed by atoms with Crippen LogP contribution in [-0.2, 0) is 9.53 Å². The van der Waals surface area contributed by atoms with Gasteiger partial charge in [-0.1, -0.05) is 11.6 Å². The Hall–Kier alpha value is -1.52. The Kier molecular flexibility index (Phi) is 6.05. The van der Waals surface area contributed by atoms with E-state index in [9.17, 15) is 4.79 Å². The van der Waals surface area contributed by atoms with Crippen molar-refractivity contribution in [1.82, 2.24) is 0 Å². The first-order valence-electron chi connectivity index (χ1n) is 6.22. The Labute approximate surface area is 124 Å². The summed E-state index contributed by atoms with van der Waals surface area (Å²) in [6.45, 7) is 4.42. The molecule has 0 aliphatic carbocycles. The highest BCUT2D eigenvalue weighted by molar-refractivity contribution is 6.30. The fourth-order valence-electron chi connectivity index (χ4n) is 1.45. The van der Waals surface area contributed by atoms with Gasteiger partial charge in [-0.15, -0.1) is 0 Å². The van der Waals surface area contributed by atoms with Gasteiger partial charge in [0.1, 0.15) is 5.75 Å². The van der Waals surface area contributed by atoms with Gasteiger partial charge in [0.05, 0.1) is 12.2 Å². The lowest BCUT2D eigenvalue weighted by molar-refractivity contribution is -0.131. The predicted molar refractivity (Wildman–Crippen MR) is 79.3 cm³/mol. The summed E-state index contributed by atoms with van der Waals surface area (Å²) in [5.41, 5.74) is 0.374. The molecule has 0 fully saturated rings. The van der Waals surface area contributed by atoms with Crippen molar-refractivity contribution in [3.8, 4) is 5.75 Å². The van der Waals surface area contributed by atoms with E-state index in [4.69, 9.17) is 26.2 Å². The summed E-state index contributed by atoms with van der Waals surface area (Å²) in [6, 6.07) is 5.10. The van der Waals surface area contributed by atoms with E-state index >= 15 is 0 Å². The molecule has 0 atom stereocenters. The number of halogens is 1. The van der Waals surface area contributed by atoms with Crippen molar-refractivity contribution in [2.24, 2.45) is 0 Å². The van der Waals surface area contributed by atoms with Crippen molar-refractivity contribution in [1.29, 1.82) is 0 Å². The van der Waals surface area contributed by atoms with E-state index in [1.54, 1.807) is 25.3 Å². The molecule has 0 saturated carbocycles. The smallest absolute Gasteiger partial charge is 0.328 e. The topological polar surface area (TPSA) is 55.8 Å². The Morgan fingerprint density at radius 3 is 2.75 bits per heavy atom. The third kappa shape index (κ3) is 5.63. The molecule has 5 heteroatoms. The second-order valence-electron chi connectivity index (χ2n) is 4.92. The molecule has 1 aromatic rings.